The highest BCUT2D eigenvalue weighted by molar-refractivity contribution is 5.57. The minimum absolute atomic E-state index is 0.154. The number of rotatable bonds is 9. The molecule has 0 atom stereocenters. The quantitative estimate of drug-likeness (QED) is 0.396. The number of aromatic amines is 1. The molecule has 1 aromatic carbocycles. The fraction of sp³-hybridized carbons (Fsp3) is 0.409. The fourth-order valence-corrected chi connectivity index (χ4v) is 3.71. The number of H-pyrrole nitrogens is 1. The summed E-state index contributed by atoms with van der Waals surface area (Å²) in [6.07, 6.45) is 0.182. The first-order chi connectivity index (χ1) is 15.9. The average Bonchev–Trinajstić information content (AvgIpc) is 3.52. The third-order valence-electron chi connectivity index (χ3n) is 5.31. The zero-order valence-corrected chi connectivity index (χ0v) is 18.5. The molecule has 0 aliphatic heterocycles. The zero-order valence-electron chi connectivity index (χ0n) is 18.5. The van der Waals surface area contributed by atoms with Gasteiger partial charge in [-0.25, -0.2) is 14.8 Å². The Hall–Kier alpha value is -3.50. The highest BCUT2D eigenvalue weighted by Crippen LogP contribution is 2.35. The summed E-state index contributed by atoms with van der Waals surface area (Å²) in [7, 11) is 0. The molecule has 4 aromatic rings. The number of halogens is 3. The molecular formula is C22H25F3N8. The third-order valence-corrected chi connectivity index (χ3v) is 5.31. The van der Waals surface area contributed by atoms with Gasteiger partial charge in [-0.05, 0) is 53.1 Å². The molecule has 1 N–H and O–H groups in total. The van der Waals surface area contributed by atoms with E-state index in [1.54, 1.807) is 12.1 Å². The first-order valence-electron chi connectivity index (χ1n) is 11.0. The van der Waals surface area contributed by atoms with Gasteiger partial charge in [-0.3, -0.25) is 0 Å². The maximum atomic E-state index is 13.7. The van der Waals surface area contributed by atoms with Crippen molar-refractivity contribution in [3.05, 3.63) is 59.3 Å². The second kappa shape index (κ2) is 9.55. The van der Waals surface area contributed by atoms with Gasteiger partial charge >= 0.3 is 6.18 Å². The van der Waals surface area contributed by atoms with Crippen LogP contribution < -0.4 is 0 Å². The van der Waals surface area contributed by atoms with Crippen molar-refractivity contribution in [2.24, 2.45) is 0 Å². The van der Waals surface area contributed by atoms with Crippen LogP contribution in [-0.2, 0) is 25.6 Å². The Morgan fingerprint density at radius 2 is 1.76 bits per heavy atom. The van der Waals surface area contributed by atoms with Crippen molar-refractivity contribution in [3.8, 4) is 17.2 Å². The number of nitrogens with one attached hydrogen (secondary N) is 1. The van der Waals surface area contributed by atoms with E-state index in [1.807, 2.05) is 16.8 Å². The normalized spacial score (nSPS) is 11.9. The molecule has 8 nitrogen and oxygen atoms in total. The maximum absolute atomic E-state index is 13.7. The average molecular weight is 458 g/mol. The van der Waals surface area contributed by atoms with E-state index < -0.39 is 11.9 Å². The van der Waals surface area contributed by atoms with Gasteiger partial charge in [-0.15, -0.1) is 5.10 Å². The number of unbranched alkanes of at least 4 members (excludes halogenated alkanes) is 1. The first-order valence-corrected chi connectivity index (χ1v) is 11.0. The van der Waals surface area contributed by atoms with Crippen molar-refractivity contribution in [2.45, 2.75) is 58.7 Å². The lowest BCUT2D eigenvalue weighted by atomic mass is 10.2. The molecule has 4 rings (SSSR count). The van der Waals surface area contributed by atoms with Crippen molar-refractivity contribution in [1.82, 2.24) is 40.0 Å². The summed E-state index contributed by atoms with van der Waals surface area (Å²) in [5.74, 6) is 1.92. The van der Waals surface area contributed by atoms with Crippen LogP contribution in [0.15, 0.2) is 36.4 Å². The lowest BCUT2D eigenvalue weighted by Crippen LogP contribution is -2.13. The molecule has 0 aliphatic carbocycles. The van der Waals surface area contributed by atoms with E-state index in [9.17, 15) is 13.2 Å². The lowest BCUT2D eigenvalue weighted by molar-refractivity contribution is -0.142. The number of aryl methyl sites for hydroxylation is 2. The number of hydrogen-bond donors (Lipinski definition) is 1. The molecular weight excluding hydrogens is 433 g/mol. The van der Waals surface area contributed by atoms with E-state index in [1.165, 1.54) is 6.07 Å². The summed E-state index contributed by atoms with van der Waals surface area (Å²) in [5.41, 5.74) is 0.707. The molecule has 33 heavy (non-hydrogen) atoms. The number of aromatic nitrogens is 8. The summed E-state index contributed by atoms with van der Waals surface area (Å²) >= 11 is 0. The van der Waals surface area contributed by atoms with Gasteiger partial charge in [0, 0.05) is 18.5 Å². The molecule has 0 fully saturated rings. The second-order valence-electron chi connectivity index (χ2n) is 7.81. The van der Waals surface area contributed by atoms with E-state index in [2.05, 4.69) is 44.6 Å². The van der Waals surface area contributed by atoms with Gasteiger partial charge in [0.15, 0.2) is 11.6 Å². The minimum Gasteiger partial charge on any atom is -0.302 e. The summed E-state index contributed by atoms with van der Waals surface area (Å²) in [5, 5.41) is 17.9. The van der Waals surface area contributed by atoms with Crippen LogP contribution in [0.3, 0.4) is 0 Å². The highest BCUT2D eigenvalue weighted by atomic mass is 19.4. The van der Waals surface area contributed by atoms with Crippen molar-refractivity contribution >= 4 is 0 Å². The van der Waals surface area contributed by atoms with E-state index in [4.69, 9.17) is 0 Å². The van der Waals surface area contributed by atoms with Crippen molar-refractivity contribution in [2.75, 3.05) is 0 Å². The molecule has 0 unspecified atom stereocenters. The molecule has 174 valence electrons. The molecule has 3 heterocycles. The van der Waals surface area contributed by atoms with E-state index in [0.29, 0.717) is 12.2 Å². The van der Waals surface area contributed by atoms with Crippen LogP contribution in [0.25, 0.3) is 17.2 Å². The minimum atomic E-state index is -4.53. The van der Waals surface area contributed by atoms with Crippen LogP contribution in [-0.4, -0.2) is 40.0 Å². The SMILES string of the molecule is CCCCc1nc(CCC)nn1Cc1ccc(-n2c(-c3nnn[nH]3)ccc2C(F)(F)F)cc1. The van der Waals surface area contributed by atoms with Gasteiger partial charge in [0.25, 0.3) is 0 Å². The van der Waals surface area contributed by atoms with Crippen molar-refractivity contribution in [1.29, 1.82) is 0 Å². The molecule has 0 amide bonds. The topological polar surface area (TPSA) is 90.1 Å². The Kier molecular flexibility index (Phi) is 6.57. The highest BCUT2D eigenvalue weighted by Gasteiger charge is 2.36. The predicted molar refractivity (Wildman–Crippen MR) is 116 cm³/mol. The number of hydrogen-bond acceptors (Lipinski definition) is 5. The smallest absolute Gasteiger partial charge is 0.302 e. The zero-order chi connectivity index (χ0) is 23.4. The van der Waals surface area contributed by atoms with Gasteiger partial charge in [-0.1, -0.05) is 32.4 Å². The molecule has 3 aromatic heterocycles. The van der Waals surface area contributed by atoms with Gasteiger partial charge in [0.05, 0.1) is 12.2 Å². The van der Waals surface area contributed by atoms with Crippen molar-refractivity contribution < 1.29 is 13.2 Å². The first kappa shape index (κ1) is 22.7. The molecule has 0 spiro atoms. The van der Waals surface area contributed by atoms with E-state index in [0.717, 1.165) is 59.9 Å². The number of nitrogens with zero attached hydrogens (tertiary/aromatic N) is 7. The van der Waals surface area contributed by atoms with Gasteiger partial charge < -0.3 is 4.57 Å². The van der Waals surface area contributed by atoms with Crippen LogP contribution in [0.2, 0.25) is 0 Å². The van der Waals surface area contributed by atoms with Gasteiger partial charge in [-0.2, -0.15) is 18.3 Å². The number of tetrazole rings is 1. The Labute approximate surface area is 188 Å². The monoisotopic (exact) mass is 458 g/mol. The summed E-state index contributed by atoms with van der Waals surface area (Å²) in [6.45, 7) is 4.73. The van der Waals surface area contributed by atoms with E-state index in [-0.39, 0.29) is 11.5 Å². The molecule has 0 radical (unpaired) electrons. The summed E-state index contributed by atoms with van der Waals surface area (Å²) < 4.78 is 44.0. The molecule has 0 aliphatic rings. The summed E-state index contributed by atoms with van der Waals surface area (Å²) in [6, 6.07) is 9.31. The Morgan fingerprint density at radius 1 is 0.970 bits per heavy atom. The Bertz CT molecular complexity index is 1170. The van der Waals surface area contributed by atoms with Gasteiger partial charge in [0.1, 0.15) is 11.5 Å². The fourth-order valence-electron chi connectivity index (χ4n) is 3.71. The summed E-state index contributed by atoms with van der Waals surface area (Å²) in [4.78, 5) is 4.67. The largest absolute Gasteiger partial charge is 0.431 e. The van der Waals surface area contributed by atoms with Crippen LogP contribution in [0.5, 0.6) is 0 Å². The molecule has 0 saturated heterocycles. The molecule has 11 heteroatoms. The predicted octanol–water partition coefficient (Wildman–Crippen LogP) is 4.61. The standard InChI is InChI=1S/C22H25F3N8/c1-3-5-7-20-26-19(6-4-2)29-32(20)14-15-8-10-16(11-9-15)33-17(21-27-30-31-28-21)12-13-18(33)22(23,24)25/h8-13H,3-7,14H2,1-2H3,(H,27,28,30,31). The second-order valence-corrected chi connectivity index (χ2v) is 7.81. The molecule has 0 bridgehead atoms. The Morgan fingerprint density at radius 3 is 2.39 bits per heavy atom. The van der Waals surface area contributed by atoms with Crippen molar-refractivity contribution in [3.63, 3.8) is 0 Å². The van der Waals surface area contributed by atoms with Gasteiger partial charge in [0.2, 0.25) is 0 Å². The number of benzene rings is 1. The van der Waals surface area contributed by atoms with Crippen LogP contribution >= 0.6 is 0 Å². The maximum Gasteiger partial charge on any atom is 0.431 e. The molecule has 0 saturated carbocycles. The van der Waals surface area contributed by atoms with Crippen LogP contribution in [0.1, 0.15) is 56.0 Å². The van der Waals surface area contributed by atoms with Crippen LogP contribution in [0.4, 0.5) is 13.2 Å². The number of alkyl halides is 3. The van der Waals surface area contributed by atoms with Crippen LogP contribution in [0, 0.1) is 0 Å². The Balaban J connectivity index is 1.65. The third kappa shape index (κ3) is 4.96. The van der Waals surface area contributed by atoms with E-state index >= 15 is 0 Å². The lowest BCUT2D eigenvalue weighted by Gasteiger charge is -2.15.